The van der Waals surface area contributed by atoms with Crippen LogP contribution >= 0.6 is 0 Å². The van der Waals surface area contributed by atoms with E-state index in [2.05, 4.69) is 11.4 Å². The number of rotatable bonds is 4. The van der Waals surface area contributed by atoms with Crippen molar-refractivity contribution in [3.63, 3.8) is 0 Å². The molecule has 3 aromatic carbocycles. The van der Waals surface area contributed by atoms with Crippen LogP contribution in [0, 0.1) is 11.3 Å². The molecule has 6 nitrogen and oxygen atoms in total. The number of carbonyl (C=O) groups excluding carboxylic acids is 2. The van der Waals surface area contributed by atoms with Crippen LogP contribution < -0.4 is 15.0 Å². The van der Waals surface area contributed by atoms with Gasteiger partial charge in [0.25, 0.3) is 5.91 Å². The molecule has 2 amide bonds. The fraction of sp³-hybridized carbons (Fsp3) is 0.179. The van der Waals surface area contributed by atoms with E-state index < -0.39 is 11.6 Å². The van der Waals surface area contributed by atoms with Gasteiger partial charge >= 0.3 is 0 Å². The average molecular weight is 452 g/mol. The predicted octanol–water partition coefficient (Wildman–Crippen LogP) is 4.98. The predicted molar refractivity (Wildman–Crippen MR) is 131 cm³/mol. The monoisotopic (exact) mass is 451 g/mol. The molecule has 4 rings (SSSR count). The van der Waals surface area contributed by atoms with Crippen molar-refractivity contribution < 1.29 is 14.3 Å². The lowest BCUT2D eigenvalue weighted by Gasteiger charge is -2.33. The van der Waals surface area contributed by atoms with Crippen molar-refractivity contribution in [2.24, 2.45) is 0 Å². The molecule has 6 heteroatoms. The molecule has 170 valence electrons. The van der Waals surface area contributed by atoms with Crippen LogP contribution in [0.15, 0.2) is 84.9 Å². The maximum Gasteiger partial charge on any atom is 0.255 e. The first-order valence-electron chi connectivity index (χ1n) is 11.0. The zero-order valence-electron chi connectivity index (χ0n) is 19.3. The number of nitrogens with one attached hydrogen (secondary N) is 1. The first-order valence-corrected chi connectivity index (χ1v) is 11.0. The number of ether oxygens (including phenoxy) is 1. The second kappa shape index (κ2) is 9.24. The van der Waals surface area contributed by atoms with Crippen molar-refractivity contribution in [1.29, 1.82) is 5.26 Å². The van der Waals surface area contributed by atoms with Crippen molar-refractivity contribution >= 4 is 23.3 Å². The van der Waals surface area contributed by atoms with E-state index in [1.54, 1.807) is 42.5 Å². The first-order chi connectivity index (χ1) is 16.3. The van der Waals surface area contributed by atoms with Gasteiger partial charge in [0.1, 0.15) is 11.8 Å². The fourth-order valence-electron chi connectivity index (χ4n) is 3.80. The van der Waals surface area contributed by atoms with Gasteiger partial charge in [-0.2, -0.15) is 5.26 Å². The van der Waals surface area contributed by atoms with Crippen LogP contribution in [0.25, 0.3) is 5.76 Å². The van der Waals surface area contributed by atoms with Crippen molar-refractivity contribution in [2.75, 3.05) is 4.90 Å². The molecule has 0 aliphatic carbocycles. The molecule has 0 aromatic heterocycles. The third-order valence-corrected chi connectivity index (χ3v) is 5.26. The zero-order chi connectivity index (χ0) is 24.3. The molecule has 0 spiro atoms. The smallest absolute Gasteiger partial charge is 0.255 e. The highest BCUT2D eigenvalue weighted by atomic mass is 16.5. The Hall–Kier alpha value is -4.37. The fourth-order valence-corrected chi connectivity index (χ4v) is 3.80. The number of benzene rings is 3. The summed E-state index contributed by atoms with van der Waals surface area (Å²) in [5.74, 6) is 0.139. The van der Waals surface area contributed by atoms with Crippen LogP contribution in [0.2, 0.25) is 0 Å². The number of hydrogen-bond acceptors (Lipinski definition) is 4. The van der Waals surface area contributed by atoms with Crippen LogP contribution in [0.4, 0.5) is 5.69 Å². The maximum absolute atomic E-state index is 13.7. The van der Waals surface area contributed by atoms with Crippen molar-refractivity contribution in [1.82, 2.24) is 5.32 Å². The van der Waals surface area contributed by atoms with E-state index in [1.807, 2.05) is 57.2 Å². The molecule has 0 saturated carbocycles. The molecule has 1 aliphatic rings. The molecule has 0 saturated heterocycles. The second-order valence-electron chi connectivity index (χ2n) is 9.03. The minimum atomic E-state index is -0.976. The summed E-state index contributed by atoms with van der Waals surface area (Å²) in [7, 11) is 0. The summed E-state index contributed by atoms with van der Waals surface area (Å²) in [5.41, 5.74) is 1.77. The van der Waals surface area contributed by atoms with Crippen molar-refractivity contribution in [3.05, 3.63) is 102 Å². The van der Waals surface area contributed by atoms with Gasteiger partial charge in [0.05, 0.1) is 17.3 Å². The molecule has 34 heavy (non-hydrogen) atoms. The highest BCUT2D eigenvalue weighted by molar-refractivity contribution is 6.11. The van der Waals surface area contributed by atoms with Gasteiger partial charge in [-0.3, -0.25) is 14.5 Å². The van der Waals surface area contributed by atoms with Crippen molar-refractivity contribution in [3.8, 4) is 11.8 Å². The Morgan fingerprint density at radius 3 is 2.26 bits per heavy atom. The van der Waals surface area contributed by atoms with Crippen LogP contribution in [0.5, 0.6) is 5.75 Å². The molecule has 1 aliphatic heterocycles. The van der Waals surface area contributed by atoms with E-state index in [9.17, 15) is 14.9 Å². The van der Waals surface area contributed by atoms with E-state index in [0.29, 0.717) is 28.3 Å². The minimum absolute atomic E-state index is 0.336. The summed E-state index contributed by atoms with van der Waals surface area (Å²) in [6, 6.07) is 24.3. The third kappa shape index (κ3) is 4.84. The number of para-hydroxylation sites is 2. The summed E-state index contributed by atoms with van der Waals surface area (Å²) in [6.07, 6.45) is 1.41. The van der Waals surface area contributed by atoms with Crippen molar-refractivity contribution in [2.45, 2.75) is 32.4 Å². The second-order valence-corrected chi connectivity index (χ2v) is 9.03. The van der Waals surface area contributed by atoms with E-state index in [1.165, 1.54) is 11.0 Å². The number of fused-ring (bicyclic) bond motifs is 1. The van der Waals surface area contributed by atoms with Gasteiger partial charge in [-0.1, -0.05) is 54.6 Å². The quantitative estimate of drug-likeness (QED) is 0.606. The molecule has 1 heterocycles. The van der Waals surface area contributed by atoms with Gasteiger partial charge in [0.15, 0.2) is 5.75 Å². The Balaban J connectivity index is 1.88. The van der Waals surface area contributed by atoms with E-state index in [4.69, 9.17) is 4.74 Å². The van der Waals surface area contributed by atoms with Gasteiger partial charge in [-0.15, -0.1) is 0 Å². The number of hydrogen-bond donors (Lipinski definition) is 1. The highest BCUT2D eigenvalue weighted by Gasteiger charge is 2.36. The van der Waals surface area contributed by atoms with Gasteiger partial charge in [-0.25, -0.2) is 0 Å². The number of nitriles is 1. The molecule has 0 fully saturated rings. The third-order valence-electron chi connectivity index (χ3n) is 5.26. The Labute approximate surface area is 199 Å². The van der Waals surface area contributed by atoms with E-state index >= 15 is 0 Å². The molecule has 0 bridgehead atoms. The molecule has 1 atom stereocenters. The number of carbonyl (C=O) groups is 2. The number of anilines is 1. The Morgan fingerprint density at radius 2 is 1.62 bits per heavy atom. The maximum atomic E-state index is 13.7. The minimum Gasteiger partial charge on any atom is -0.454 e. The van der Waals surface area contributed by atoms with Gasteiger partial charge < -0.3 is 10.1 Å². The molecular formula is C28H25N3O3. The SMILES string of the molecule is CC(C)(C)NC(=O)[C@H](c1ccc(C#N)cc1)N1C(=O)C=C(c2ccccc2)Oc2ccccc21. The Bertz CT molecular complexity index is 1280. The summed E-state index contributed by atoms with van der Waals surface area (Å²) in [6.45, 7) is 5.65. The van der Waals surface area contributed by atoms with E-state index in [-0.39, 0.29) is 11.8 Å². The molecule has 0 unspecified atom stereocenters. The molecule has 1 N–H and O–H groups in total. The summed E-state index contributed by atoms with van der Waals surface area (Å²) in [4.78, 5) is 28.8. The summed E-state index contributed by atoms with van der Waals surface area (Å²) in [5, 5.41) is 12.2. The molecular weight excluding hydrogens is 426 g/mol. The summed E-state index contributed by atoms with van der Waals surface area (Å²) < 4.78 is 6.17. The summed E-state index contributed by atoms with van der Waals surface area (Å²) >= 11 is 0. The highest BCUT2D eigenvalue weighted by Crippen LogP contribution is 2.39. The van der Waals surface area contributed by atoms with Gasteiger partial charge in [-0.05, 0) is 50.6 Å². The number of nitrogens with zero attached hydrogens (tertiary/aromatic N) is 2. The van der Waals surface area contributed by atoms with Gasteiger partial charge in [0, 0.05) is 17.2 Å². The van der Waals surface area contributed by atoms with Crippen LogP contribution in [0.3, 0.4) is 0 Å². The Morgan fingerprint density at radius 1 is 0.971 bits per heavy atom. The number of amides is 2. The lowest BCUT2D eigenvalue weighted by molar-refractivity contribution is -0.126. The van der Waals surface area contributed by atoms with Gasteiger partial charge in [0.2, 0.25) is 5.91 Å². The Kier molecular flexibility index (Phi) is 6.20. The molecule has 0 radical (unpaired) electrons. The zero-order valence-corrected chi connectivity index (χ0v) is 19.3. The largest absolute Gasteiger partial charge is 0.454 e. The van der Waals surface area contributed by atoms with E-state index in [0.717, 1.165) is 5.56 Å². The molecule has 3 aromatic rings. The average Bonchev–Trinajstić information content (AvgIpc) is 2.96. The topological polar surface area (TPSA) is 82.4 Å². The van der Waals surface area contributed by atoms with Crippen LogP contribution in [-0.2, 0) is 9.59 Å². The van der Waals surface area contributed by atoms with Crippen LogP contribution in [-0.4, -0.2) is 17.4 Å². The standard InChI is InChI=1S/C28H25N3O3/c1-28(2,3)30-27(33)26(21-15-13-19(18-29)14-16-21)31-22-11-7-8-12-23(22)34-24(17-25(31)32)20-9-5-4-6-10-20/h4-17,26H,1-3H3,(H,30,33)/t26-/m0/s1. The lowest BCUT2D eigenvalue weighted by atomic mass is 9.99. The van der Waals surface area contributed by atoms with Crippen LogP contribution in [0.1, 0.15) is 43.5 Å². The lowest BCUT2D eigenvalue weighted by Crippen LogP contribution is -2.49. The normalized spacial score (nSPS) is 14.1. The first kappa shape index (κ1) is 22.8.